The van der Waals surface area contributed by atoms with E-state index in [9.17, 15) is 4.79 Å². The first-order chi connectivity index (χ1) is 18.0. The number of rotatable bonds is 7. The predicted molar refractivity (Wildman–Crippen MR) is 150 cm³/mol. The highest BCUT2D eigenvalue weighted by molar-refractivity contribution is 5.97. The largest absolute Gasteiger partial charge is 0.346 e. The molecule has 4 aromatic carbocycles. The molecule has 0 saturated heterocycles. The number of aryl methyl sites for hydroxylation is 1. The standard InChI is InChI=1S/C33H31N3O/c1-22(28-9-6-10-29(19-28)27-15-16-27)34-33(37)30-17-18-31-32(20-30)36(23(2)35-31)21-24-11-13-26(14-12-24)25-7-4-3-5-8-25/h3-14,17-20,22,27H,15-16,21H2,1-2H3,(H,34,37)/t22-/m0/s1. The van der Waals surface area contributed by atoms with Crippen LogP contribution in [-0.4, -0.2) is 15.5 Å². The number of nitrogens with one attached hydrogen (secondary N) is 1. The minimum atomic E-state index is -0.0659. The van der Waals surface area contributed by atoms with Gasteiger partial charge in [0.1, 0.15) is 5.82 Å². The Balaban J connectivity index is 1.21. The SMILES string of the molecule is Cc1nc2ccc(C(=O)N[C@@H](C)c3cccc(C4CC4)c3)cc2n1Cc1ccc(-c2ccccc2)cc1. The van der Waals surface area contributed by atoms with Crippen LogP contribution in [-0.2, 0) is 6.54 Å². The Kier molecular flexibility index (Phi) is 6.09. The van der Waals surface area contributed by atoms with E-state index in [-0.39, 0.29) is 11.9 Å². The molecular formula is C33H31N3O. The molecule has 4 heteroatoms. The lowest BCUT2D eigenvalue weighted by Crippen LogP contribution is -2.26. The monoisotopic (exact) mass is 485 g/mol. The van der Waals surface area contributed by atoms with Crippen molar-refractivity contribution in [1.82, 2.24) is 14.9 Å². The normalized spacial score (nSPS) is 14.0. The number of aromatic nitrogens is 2. The predicted octanol–water partition coefficient (Wildman–Crippen LogP) is 7.43. The highest BCUT2D eigenvalue weighted by atomic mass is 16.1. The van der Waals surface area contributed by atoms with Gasteiger partial charge < -0.3 is 9.88 Å². The van der Waals surface area contributed by atoms with Crippen LogP contribution in [0, 0.1) is 6.92 Å². The lowest BCUT2D eigenvalue weighted by Gasteiger charge is -2.16. The molecule has 0 radical (unpaired) electrons. The first kappa shape index (κ1) is 23.2. The Morgan fingerprint density at radius 1 is 0.919 bits per heavy atom. The summed E-state index contributed by atoms with van der Waals surface area (Å²) in [5.41, 5.74) is 8.67. The zero-order valence-electron chi connectivity index (χ0n) is 21.3. The van der Waals surface area contributed by atoms with Crippen molar-refractivity contribution in [2.45, 2.75) is 45.2 Å². The number of nitrogens with zero attached hydrogens (tertiary/aromatic N) is 2. The van der Waals surface area contributed by atoms with Gasteiger partial charge in [-0.2, -0.15) is 0 Å². The molecule has 37 heavy (non-hydrogen) atoms. The van der Waals surface area contributed by atoms with Gasteiger partial charge in [-0.1, -0.05) is 78.9 Å². The molecule has 1 aliphatic carbocycles. The molecule has 1 amide bonds. The van der Waals surface area contributed by atoms with E-state index in [2.05, 4.69) is 89.6 Å². The molecule has 1 fully saturated rings. The average molecular weight is 486 g/mol. The van der Waals surface area contributed by atoms with Crippen LogP contribution in [0.3, 0.4) is 0 Å². The minimum absolute atomic E-state index is 0.0586. The minimum Gasteiger partial charge on any atom is -0.346 e. The topological polar surface area (TPSA) is 46.9 Å². The second-order valence-electron chi connectivity index (χ2n) is 10.2. The maximum Gasteiger partial charge on any atom is 0.251 e. The molecule has 1 N–H and O–H groups in total. The summed E-state index contributed by atoms with van der Waals surface area (Å²) in [6.45, 7) is 4.77. The molecule has 1 saturated carbocycles. The molecule has 0 spiro atoms. The van der Waals surface area contributed by atoms with Gasteiger partial charge in [-0.25, -0.2) is 4.98 Å². The smallest absolute Gasteiger partial charge is 0.251 e. The molecular weight excluding hydrogens is 454 g/mol. The van der Waals surface area contributed by atoms with Crippen LogP contribution in [0.1, 0.15) is 64.6 Å². The van der Waals surface area contributed by atoms with Crippen molar-refractivity contribution in [1.29, 1.82) is 0 Å². The summed E-state index contributed by atoms with van der Waals surface area (Å²) in [6, 6.07) is 33.4. The molecule has 1 atom stereocenters. The third kappa shape index (κ3) is 4.92. The van der Waals surface area contributed by atoms with Gasteiger partial charge in [0, 0.05) is 12.1 Å². The Labute approximate surface area is 218 Å². The van der Waals surface area contributed by atoms with E-state index in [0.717, 1.165) is 22.4 Å². The number of hydrogen-bond acceptors (Lipinski definition) is 2. The average Bonchev–Trinajstić information content (AvgIpc) is 3.74. The highest BCUT2D eigenvalue weighted by Crippen LogP contribution is 2.40. The van der Waals surface area contributed by atoms with Gasteiger partial charge in [-0.05, 0) is 78.6 Å². The molecule has 4 nitrogen and oxygen atoms in total. The second-order valence-corrected chi connectivity index (χ2v) is 10.2. The molecule has 0 unspecified atom stereocenters. The van der Waals surface area contributed by atoms with E-state index in [1.165, 1.54) is 35.1 Å². The number of carbonyl (C=O) groups excluding carboxylic acids is 1. The summed E-state index contributed by atoms with van der Waals surface area (Å²) >= 11 is 0. The first-order valence-corrected chi connectivity index (χ1v) is 13.1. The molecule has 6 rings (SSSR count). The van der Waals surface area contributed by atoms with Crippen molar-refractivity contribution in [3.05, 3.63) is 125 Å². The van der Waals surface area contributed by atoms with Crippen LogP contribution in [0.25, 0.3) is 22.2 Å². The molecule has 184 valence electrons. The Bertz CT molecular complexity index is 1560. The van der Waals surface area contributed by atoms with Crippen LogP contribution in [0.2, 0.25) is 0 Å². The van der Waals surface area contributed by atoms with Gasteiger partial charge in [0.15, 0.2) is 0 Å². The maximum absolute atomic E-state index is 13.2. The van der Waals surface area contributed by atoms with E-state index < -0.39 is 0 Å². The second kappa shape index (κ2) is 9.70. The van der Waals surface area contributed by atoms with E-state index in [4.69, 9.17) is 4.98 Å². The van der Waals surface area contributed by atoms with Crippen LogP contribution in [0.5, 0.6) is 0 Å². The number of fused-ring (bicyclic) bond motifs is 1. The van der Waals surface area contributed by atoms with Crippen molar-refractivity contribution < 1.29 is 4.79 Å². The quantitative estimate of drug-likeness (QED) is 0.261. The highest BCUT2D eigenvalue weighted by Gasteiger charge is 2.24. The summed E-state index contributed by atoms with van der Waals surface area (Å²) in [4.78, 5) is 18.0. The summed E-state index contributed by atoms with van der Waals surface area (Å²) in [7, 11) is 0. The van der Waals surface area contributed by atoms with Gasteiger partial charge in [-0.15, -0.1) is 0 Å². The third-order valence-electron chi connectivity index (χ3n) is 7.41. The van der Waals surface area contributed by atoms with Gasteiger partial charge in [0.05, 0.1) is 17.1 Å². The molecule has 1 aliphatic rings. The lowest BCUT2D eigenvalue weighted by atomic mass is 10.0. The molecule has 1 heterocycles. The van der Waals surface area contributed by atoms with E-state index >= 15 is 0 Å². The summed E-state index contributed by atoms with van der Waals surface area (Å²) in [5.74, 6) is 1.57. The summed E-state index contributed by atoms with van der Waals surface area (Å²) in [6.07, 6.45) is 2.54. The summed E-state index contributed by atoms with van der Waals surface area (Å²) < 4.78 is 2.19. The van der Waals surface area contributed by atoms with E-state index in [1.54, 1.807) is 0 Å². The number of imidazole rings is 1. The lowest BCUT2D eigenvalue weighted by molar-refractivity contribution is 0.0940. The van der Waals surface area contributed by atoms with Crippen LogP contribution in [0.15, 0.2) is 97.1 Å². The molecule has 0 bridgehead atoms. The van der Waals surface area contributed by atoms with Crippen molar-refractivity contribution >= 4 is 16.9 Å². The zero-order valence-corrected chi connectivity index (χ0v) is 21.3. The third-order valence-corrected chi connectivity index (χ3v) is 7.41. The number of hydrogen-bond donors (Lipinski definition) is 1. The Morgan fingerprint density at radius 2 is 1.68 bits per heavy atom. The van der Waals surface area contributed by atoms with Crippen LogP contribution >= 0.6 is 0 Å². The van der Waals surface area contributed by atoms with E-state index in [0.29, 0.717) is 18.0 Å². The molecule has 5 aromatic rings. The van der Waals surface area contributed by atoms with Crippen molar-refractivity contribution in [3.63, 3.8) is 0 Å². The van der Waals surface area contributed by atoms with Crippen molar-refractivity contribution in [2.24, 2.45) is 0 Å². The van der Waals surface area contributed by atoms with Gasteiger partial charge in [0.2, 0.25) is 0 Å². The maximum atomic E-state index is 13.2. The molecule has 1 aromatic heterocycles. The number of benzene rings is 4. The van der Waals surface area contributed by atoms with Crippen LogP contribution in [0.4, 0.5) is 0 Å². The van der Waals surface area contributed by atoms with Crippen molar-refractivity contribution in [3.8, 4) is 11.1 Å². The Morgan fingerprint density at radius 3 is 2.43 bits per heavy atom. The fraction of sp³-hybridized carbons (Fsp3) is 0.212. The fourth-order valence-electron chi connectivity index (χ4n) is 5.06. The van der Waals surface area contributed by atoms with Crippen LogP contribution < -0.4 is 5.32 Å². The summed E-state index contributed by atoms with van der Waals surface area (Å²) in [5, 5.41) is 3.19. The fourth-order valence-corrected chi connectivity index (χ4v) is 5.06. The van der Waals surface area contributed by atoms with Gasteiger partial charge >= 0.3 is 0 Å². The first-order valence-electron chi connectivity index (χ1n) is 13.1. The van der Waals surface area contributed by atoms with Crippen molar-refractivity contribution in [2.75, 3.05) is 0 Å². The molecule has 0 aliphatic heterocycles. The van der Waals surface area contributed by atoms with Gasteiger partial charge in [-0.3, -0.25) is 4.79 Å². The van der Waals surface area contributed by atoms with Gasteiger partial charge in [0.25, 0.3) is 5.91 Å². The Hall–Kier alpha value is -4.18. The number of carbonyl (C=O) groups is 1. The number of amides is 1. The van der Waals surface area contributed by atoms with E-state index in [1.807, 2.05) is 31.2 Å². The zero-order chi connectivity index (χ0) is 25.4.